The van der Waals surface area contributed by atoms with E-state index in [2.05, 4.69) is 5.32 Å². The highest BCUT2D eigenvalue weighted by Gasteiger charge is 2.27. The molecule has 1 aliphatic carbocycles. The third kappa shape index (κ3) is 4.91. The van der Waals surface area contributed by atoms with Crippen molar-refractivity contribution in [1.82, 2.24) is 5.32 Å². The number of nitrogens with two attached hydrogens (primary N) is 2. The smallest absolute Gasteiger partial charge is 0.237 e. The quantitative estimate of drug-likeness (QED) is 0.681. The summed E-state index contributed by atoms with van der Waals surface area (Å²) < 4.78 is 0. The van der Waals surface area contributed by atoms with Crippen molar-refractivity contribution in [2.24, 2.45) is 17.4 Å². The number of rotatable bonds is 4. The Labute approximate surface area is 108 Å². The molecule has 6 heteroatoms. The summed E-state index contributed by atoms with van der Waals surface area (Å²) in [5.41, 5.74) is 10.9. The molecular formula is C11H22ClN3O2. The van der Waals surface area contributed by atoms with Crippen molar-refractivity contribution in [3.63, 3.8) is 0 Å². The molecule has 0 spiro atoms. The lowest BCUT2D eigenvalue weighted by Crippen LogP contribution is -2.47. The van der Waals surface area contributed by atoms with Crippen LogP contribution in [0.5, 0.6) is 0 Å². The van der Waals surface area contributed by atoms with Crippen LogP contribution < -0.4 is 16.8 Å². The summed E-state index contributed by atoms with van der Waals surface area (Å²) in [6.07, 6.45) is 3.95. The van der Waals surface area contributed by atoms with Gasteiger partial charge in [-0.3, -0.25) is 9.59 Å². The number of hydrogen-bond donors (Lipinski definition) is 3. The van der Waals surface area contributed by atoms with E-state index in [1.165, 1.54) is 0 Å². The predicted octanol–water partition coefficient (Wildman–Crippen LogP) is 0.306. The monoisotopic (exact) mass is 263 g/mol. The van der Waals surface area contributed by atoms with Gasteiger partial charge in [0.25, 0.3) is 0 Å². The Morgan fingerprint density at radius 3 is 2.59 bits per heavy atom. The summed E-state index contributed by atoms with van der Waals surface area (Å²) in [4.78, 5) is 22.6. The lowest BCUT2D eigenvalue weighted by atomic mass is 9.85. The Morgan fingerprint density at radius 2 is 2.06 bits per heavy atom. The van der Waals surface area contributed by atoms with Crippen LogP contribution in [0.15, 0.2) is 0 Å². The molecule has 0 aromatic rings. The van der Waals surface area contributed by atoms with E-state index in [9.17, 15) is 9.59 Å². The second kappa shape index (κ2) is 7.50. The van der Waals surface area contributed by atoms with E-state index in [4.69, 9.17) is 11.5 Å². The summed E-state index contributed by atoms with van der Waals surface area (Å²) in [5.74, 6) is -0.492. The van der Waals surface area contributed by atoms with E-state index in [0.29, 0.717) is 12.8 Å². The normalized spacial score (nSPS) is 25.5. The van der Waals surface area contributed by atoms with E-state index in [-0.39, 0.29) is 36.2 Å². The van der Waals surface area contributed by atoms with Crippen molar-refractivity contribution >= 4 is 24.2 Å². The highest BCUT2D eigenvalue weighted by molar-refractivity contribution is 5.85. The van der Waals surface area contributed by atoms with Crippen LogP contribution in [-0.2, 0) is 9.59 Å². The molecule has 0 bridgehead atoms. The van der Waals surface area contributed by atoms with Crippen molar-refractivity contribution in [3.8, 4) is 0 Å². The average Bonchev–Trinajstić information content (AvgIpc) is 2.28. The molecule has 0 aliphatic heterocycles. The summed E-state index contributed by atoms with van der Waals surface area (Å²) >= 11 is 0. The van der Waals surface area contributed by atoms with Crippen LogP contribution in [0.1, 0.15) is 39.0 Å². The van der Waals surface area contributed by atoms with Crippen LogP contribution in [0.2, 0.25) is 0 Å². The molecule has 100 valence electrons. The standard InChI is InChI=1S/C11H21N3O2.ClH/c1-2-9(12)11(16)14-8-5-3-4-7(6-8)10(13)15;/h7-9H,2-6,12H2,1H3,(H2,13,15)(H,14,16);1H/t7?,8?,9-;/m0./s1. The van der Waals surface area contributed by atoms with Crippen molar-refractivity contribution < 1.29 is 9.59 Å². The molecule has 5 N–H and O–H groups in total. The van der Waals surface area contributed by atoms with Gasteiger partial charge in [0.1, 0.15) is 0 Å². The summed E-state index contributed by atoms with van der Waals surface area (Å²) in [7, 11) is 0. The molecule has 0 aromatic carbocycles. The molecule has 3 atom stereocenters. The third-order valence-electron chi connectivity index (χ3n) is 3.20. The minimum absolute atomic E-state index is 0. The van der Waals surface area contributed by atoms with E-state index in [0.717, 1.165) is 19.3 Å². The Kier molecular flexibility index (Phi) is 7.15. The van der Waals surface area contributed by atoms with Crippen LogP contribution in [0.25, 0.3) is 0 Å². The Hall–Kier alpha value is -0.810. The second-order valence-electron chi connectivity index (χ2n) is 4.49. The van der Waals surface area contributed by atoms with Crippen molar-refractivity contribution in [2.75, 3.05) is 0 Å². The van der Waals surface area contributed by atoms with Crippen molar-refractivity contribution in [2.45, 2.75) is 51.1 Å². The number of nitrogens with one attached hydrogen (secondary N) is 1. The van der Waals surface area contributed by atoms with Gasteiger partial charge in [-0.15, -0.1) is 12.4 Å². The summed E-state index contributed by atoms with van der Waals surface area (Å²) in [6.45, 7) is 1.87. The maximum Gasteiger partial charge on any atom is 0.237 e. The van der Waals surface area contributed by atoms with Gasteiger partial charge >= 0.3 is 0 Å². The molecule has 1 rings (SSSR count). The van der Waals surface area contributed by atoms with Crippen molar-refractivity contribution in [1.29, 1.82) is 0 Å². The topological polar surface area (TPSA) is 98.2 Å². The molecular weight excluding hydrogens is 242 g/mol. The van der Waals surface area contributed by atoms with Gasteiger partial charge in [-0.05, 0) is 25.7 Å². The molecule has 2 unspecified atom stereocenters. The van der Waals surface area contributed by atoms with Crippen LogP contribution in [0.3, 0.4) is 0 Å². The number of hydrogen-bond acceptors (Lipinski definition) is 3. The zero-order valence-electron chi connectivity index (χ0n) is 10.1. The van der Waals surface area contributed by atoms with E-state index in [1.54, 1.807) is 0 Å². The Morgan fingerprint density at radius 1 is 1.41 bits per heavy atom. The molecule has 17 heavy (non-hydrogen) atoms. The van der Waals surface area contributed by atoms with E-state index in [1.807, 2.05) is 6.92 Å². The SMILES string of the molecule is CC[C@H](N)C(=O)NC1CCCC(C(N)=O)C1.Cl. The Bertz CT molecular complexity index is 273. The molecule has 1 saturated carbocycles. The van der Waals surface area contributed by atoms with Crippen molar-refractivity contribution in [3.05, 3.63) is 0 Å². The van der Waals surface area contributed by atoms with Gasteiger partial charge in [-0.2, -0.15) is 0 Å². The zero-order valence-corrected chi connectivity index (χ0v) is 11.0. The maximum atomic E-state index is 11.6. The molecule has 2 amide bonds. The fourth-order valence-electron chi connectivity index (χ4n) is 2.07. The second-order valence-corrected chi connectivity index (χ2v) is 4.49. The largest absolute Gasteiger partial charge is 0.369 e. The molecule has 1 fully saturated rings. The number of amides is 2. The first-order chi connectivity index (χ1) is 7.54. The van der Waals surface area contributed by atoms with Gasteiger partial charge < -0.3 is 16.8 Å². The third-order valence-corrected chi connectivity index (χ3v) is 3.20. The van der Waals surface area contributed by atoms with E-state index < -0.39 is 6.04 Å². The first kappa shape index (κ1) is 16.2. The van der Waals surface area contributed by atoms with Gasteiger partial charge in [0.05, 0.1) is 6.04 Å². The Balaban J connectivity index is 0.00000256. The van der Waals surface area contributed by atoms with Gasteiger partial charge in [-0.1, -0.05) is 13.3 Å². The molecule has 0 radical (unpaired) electrons. The van der Waals surface area contributed by atoms with Gasteiger partial charge in [0.2, 0.25) is 11.8 Å². The molecule has 0 heterocycles. The van der Waals surface area contributed by atoms with Crippen LogP contribution >= 0.6 is 12.4 Å². The van der Waals surface area contributed by atoms with Crippen LogP contribution in [0.4, 0.5) is 0 Å². The summed E-state index contributed by atoms with van der Waals surface area (Å²) in [6, 6.07) is -0.398. The van der Waals surface area contributed by atoms with Crippen LogP contribution in [-0.4, -0.2) is 23.9 Å². The average molecular weight is 264 g/mol. The zero-order chi connectivity index (χ0) is 12.1. The minimum atomic E-state index is -0.450. The lowest BCUT2D eigenvalue weighted by molar-refractivity contribution is -0.126. The number of halogens is 1. The molecule has 0 saturated heterocycles. The first-order valence-corrected chi connectivity index (χ1v) is 5.89. The van der Waals surface area contributed by atoms with Gasteiger partial charge in [0, 0.05) is 12.0 Å². The van der Waals surface area contributed by atoms with E-state index >= 15 is 0 Å². The minimum Gasteiger partial charge on any atom is -0.369 e. The number of carbonyl (C=O) groups excluding carboxylic acids is 2. The van der Waals surface area contributed by atoms with Gasteiger partial charge in [0.15, 0.2) is 0 Å². The highest BCUT2D eigenvalue weighted by atomic mass is 35.5. The van der Waals surface area contributed by atoms with Crippen LogP contribution in [0, 0.1) is 5.92 Å². The molecule has 0 aromatic heterocycles. The molecule has 1 aliphatic rings. The first-order valence-electron chi connectivity index (χ1n) is 5.89. The lowest BCUT2D eigenvalue weighted by Gasteiger charge is -2.28. The number of primary amides is 1. The predicted molar refractivity (Wildman–Crippen MR) is 68.6 cm³/mol. The van der Waals surface area contributed by atoms with Gasteiger partial charge in [-0.25, -0.2) is 0 Å². The fourth-order valence-corrected chi connectivity index (χ4v) is 2.07. The molecule has 5 nitrogen and oxygen atoms in total. The maximum absolute atomic E-state index is 11.6. The summed E-state index contributed by atoms with van der Waals surface area (Å²) in [5, 5.41) is 2.88. The number of carbonyl (C=O) groups is 2. The highest BCUT2D eigenvalue weighted by Crippen LogP contribution is 2.23. The fraction of sp³-hybridized carbons (Fsp3) is 0.818.